The number of aromatic nitrogens is 1. The summed E-state index contributed by atoms with van der Waals surface area (Å²) in [5.41, 5.74) is 6.52. The molecule has 8 N–H and O–H groups in total. The summed E-state index contributed by atoms with van der Waals surface area (Å²) < 4.78 is 29.1. The molecule has 250 valence electrons. The molecule has 14 heteroatoms. The molecule has 2 aromatic carbocycles. The van der Waals surface area contributed by atoms with Crippen molar-refractivity contribution >= 4 is 22.8 Å². The number of phenols is 1. The van der Waals surface area contributed by atoms with E-state index >= 15 is 0 Å². The van der Waals surface area contributed by atoms with Crippen LogP contribution in [-0.4, -0.2) is 79.9 Å². The average molecular weight is 653 g/mol. The average Bonchev–Trinajstić information content (AvgIpc) is 3.47. The Morgan fingerprint density at radius 2 is 1.70 bits per heavy atom. The lowest BCUT2D eigenvalue weighted by Crippen LogP contribution is -2.61. The molecule has 1 aliphatic carbocycles. The van der Waals surface area contributed by atoms with Crippen LogP contribution in [-0.2, 0) is 16.0 Å². The summed E-state index contributed by atoms with van der Waals surface area (Å²) in [6, 6.07) is 13.0. The van der Waals surface area contributed by atoms with Crippen molar-refractivity contribution in [3.05, 3.63) is 64.4 Å². The van der Waals surface area contributed by atoms with E-state index in [1.165, 1.54) is 12.1 Å². The van der Waals surface area contributed by atoms with Gasteiger partial charge in [-0.25, -0.2) is 4.79 Å². The minimum atomic E-state index is -1.93. The summed E-state index contributed by atoms with van der Waals surface area (Å²) in [5.74, 6) is -1.28. The first-order chi connectivity index (χ1) is 22.6. The predicted octanol–water partition coefficient (Wildman–Crippen LogP) is 2.68. The topological polar surface area (TPSA) is 227 Å². The highest BCUT2D eigenvalue weighted by atomic mass is 16.7. The lowest BCUT2D eigenvalue weighted by Gasteiger charge is -2.38. The molecular formula is C33H36N2O12. The lowest BCUT2D eigenvalue weighted by molar-refractivity contribution is -0.271. The number of nitrogens with two attached hydrogens (primary N) is 1. The van der Waals surface area contributed by atoms with Crippen LogP contribution < -0.4 is 25.4 Å². The van der Waals surface area contributed by atoms with Crippen molar-refractivity contribution in [2.24, 2.45) is 0 Å². The molecule has 0 bridgehead atoms. The number of aliphatic hydroxyl groups excluding tert-OH is 3. The van der Waals surface area contributed by atoms with Gasteiger partial charge in [-0.1, -0.05) is 6.42 Å². The summed E-state index contributed by atoms with van der Waals surface area (Å²) in [7, 11) is 0. The Kier molecular flexibility index (Phi) is 9.27. The third kappa shape index (κ3) is 6.86. The fourth-order valence-electron chi connectivity index (χ4n) is 5.83. The molecule has 1 saturated heterocycles. The Labute approximate surface area is 267 Å². The molecule has 0 radical (unpaired) electrons. The number of aliphatic carboxylic acids is 1. The molecule has 6 rings (SSSR count). The number of nitrogen functional groups attached to an aromatic ring is 1. The molecule has 0 unspecified atom stereocenters. The molecule has 2 aromatic heterocycles. The van der Waals surface area contributed by atoms with E-state index in [9.17, 15) is 35.1 Å². The molecule has 14 nitrogen and oxygen atoms in total. The standard InChI is InChI=1S/C33H36N2O12/c34-24-11-8-17(35-24)12-13-43-18-9-6-16(7-10-18)21-14-20(36)25-22(45-21)15-23(30(26(25)37)44-19-4-2-1-3-5-19)46-33-29(40)27(38)28(39)31(47-33)32(41)42/h6-11,14-15,19,27-29,31,33,35,37-40H,1-5,12-13,34H2,(H,41,42)/t27-,28+,29-,31+,33-/m1/s1. The van der Waals surface area contributed by atoms with Gasteiger partial charge in [-0.2, -0.15) is 0 Å². The van der Waals surface area contributed by atoms with Crippen LogP contribution in [0.3, 0.4) is 0 Å². The molecule has 2 aliphatic rings. The lowest BCUT2D eigenvalue weighted by atomic mass is 9.97. The van der Waals surface area contributed by atoms with Gasteiger partial charge in [0.25, 0.3) is 0 Å². The number of hydrogen-bond acceptors (Lipinski definition) is 12. The second-order valence-corrected chi connectivity index (χ2v) is 11.7. The number of aromatic hydroxyl groups is 1. The highest BCUT2D eigenvalue weighted by Gasteiger charge is 2.48. The maximum absolute atomic E-state index is 13.4. The van der Waals surface area contributed by atoms with Crippen LogP contribution in [0, 0.1) is 0 Å². The number of hydrogen-bond donors (Lipinski definition) is 7. The van der Waals surface area contributed by atoms with Gasteiger partial charge in [-0.05, 0) is 62.1 Å². The fraction of sp³-hybridized carbons (Fsp3) is 0.394. The smallest absolute Gasteiger partial charge is 0.335 e. The third-order valence-electron chi connectivity index (χ3n) is 8.35. The van der Waals surface area contributed by atoms with E-state index in [2.05, 4.69) is 4.98 Å². The van der Waals surface area contributed by atoms with Gasteiger partial charge in [0, 0.05) is 29.8 Å². The van der Waals surface area contributed by atoms with E-state index in [1.54, 1.807) is 30.3 Å². The van der Waals surface area contributed by atoms with Crippen LogP contribution in [0.4, 0.5) is 5.82 Å². The van der Waals surface area contributed by atoms with Crippen molar-refractivity contribution < 1.29 is 53.7 Å². The van der Waals surface area contributed by atoms with Crippen molar-refractivity contribution in [2.45, 2.75) is 75.3 Å². The Bertz CT molecular complexity index is 1780. The van der Waals surface area contributed by atoms with Crippen molar-refractivity contribution in [1.29, 1.82) is 0 Å². The van der Waals surface area contributed by atoms with Gasteiger partial charge in [0.05, 0.1) is 12.7 Å². The van der Waals surface area contributed by atoms with Gasteiger partial charge in [0.1, 0.15) is 46.6 Å². The van der Waals surface area contributed by atoms with Gasteiger partial charge < -0.3 is 59.6 Å². The van der Waals surface area contributed by atoms with Crippen molar-refractivity contribution in [2.75, 3.05) is 12.3 Å². The number of nitrogens with one attached hydrogen (secondary N) is 1. The molecule has 1 saturated carbocycles. The van der Waals surface area contributed by atoms with Crippen molar-refractivity contribution in [1.82, 2.24) is 4.98 Å². The highest BCUT2D eigenvalue weighted by molar-refractivity contribution is 5.89. The summed E-state index contributed by atoms with van der Waals surface area (Å²) in [6.07, 6.45) is -4.97. The number of rotatable bonds is 10. The zero-order chi connectivity index (χ0) is 33.2. The quantitative estimate of drug-likeness (QED) is 0.131. The second kappa shape index (κ2) is 13.5. The number of anilines is 1. The number of carboxylic acid groups (broad SMARTS) is 1. The number of aliphatic hydroxyl groups is 3. The van der Waals surface area contributed by atoms with E-state index in [0.717, 1.165) is 25.0 Å². The molecule has 1 aliphatic heterocycles. The van der Waals surface area contributed by atoms with Gasteiger partial charge in [-0.15, -0.1) is 0 Å². The Hall–Kier alpha value is -4.76. The summed E-state index contributed by atoms with van der Waals surface area (Å²) >= 11 is 0. The largest absolute Gasteiger partial charge is 0.504 e. The maximum atomic E-state index is 13.4. The summed E-state index contributed by atoms with van der Waals surface area (Å²) in [5, 5.41) is 51.6. The number of aromatic amines is 1. The molecule has 0 spiro atoms. The zero-order valence-electron chi connectivity index (χ0n) is 25.2. The van der Waals surface area contributed by atoms with Crippen LogP contribution >= 0.6 is 0 Å². The highest BCUT2D eigenvalue weighted by Crippen LogP contribution is 2.45. The number of ether oxygens (including phenoxy) is 4. The molecule has 3 heterocycles. The fourth-order valence-corrected chi connectivity index (χ4v) is 5.83. The van der Waals surface area contributed by atoms with E-state index in [4.69, 9.17) is 29.1 Å². The number of fused-ring (bicyclic) bond motifs is 1. The summed E-state index contributed by atoms with van der Waals surface area (Å²) in [6.45, 7) is 0.403. The van der Waals surface area contributed by atoms with Gasteiger partial charge >= 0.3 is 5.97 Å². The third-order valence-corrected chi connectivity index (χ3v) is 8.35. The first kappa shape index (κ1) is 32.2. The zero-order valence-corrected chi connectivity index (χ0v) is 25.2. The maximum Gasteiger partial charge on any atom is 0.335 e. The van der Waals surface area contributed by atoms with Crippen LogP contribution in [0.25, 0.3) is 22.3 Å². The van der Waals surface area contributed by atoms with Gasteiger partial charge in [0.2, 0.25) is 12.0 Å². The molecule has 5 atom stereocenters. The molecule has 4 aromatic rings. The number of phenolic OH excluding ortho intramolecular Hbond substituents is 1. The second-order valence-electron chi connectivity index (χ2n) is 11.7. The van der Waals surface area contributed by atoms with Gasteiger partial charge in [-0.3, -0.25) is 4.79 Å². The Morgan fingerprint density at radius 3 is 2.38 bits per heavy atom. The minimum Gasteiger partial charge on any atom is -0.504 e. The van der Waals surface area contributed by atoms with Crippen LogP contribution in [0.1, 0.15) is 37.8 Å². The molecule has 47 heavy (non-hydrogen) atoms. The molecule has 2 fully saturated rings. The number of carbonyl (C=O) groups is 1. The Morgan fingerprint density at radius 1 is 0.957 bits per heavy atom. The number of H-pyrrole nitrogens is 1. The normalized spacial score (nSPS) is 23.4. The Balaban J connectivity index is 1.31. The first-order valence-corrected chi connectivity index (χ1v) is 15.3. The minimum absolute atomic E-state index is 0.0952. The predicted molar refractivity (Wildman–Crippen MR) is 166 cm³/mol. The SMILES string of the molecule is Nc1ccc(CCOc2ccc(-c3cc(=O)c4c(O)c(OC5CCCCC5)c(O[C@@H]5O[C@H](C(=O)O)[C@@H](O)[C@@H](O)[C@H]5O)cc4o3)cc2)[nH]1. The van der Waals surface area contributed by atoms with E-state index in [-0.39, 0.29) is 34.3 Å². The van der Waals surface area contributed by atoms with Crippen LogP contribution in [0.15, 0.2) is 57.7 Å². The van der Waals surface area contributed by atoms with E-state index < -0.39 is 47.9 Å². The molecular weight excluding hydrogens is 616 g/mol. The van der Waals surface area contributed by atoms with Crippen LogP contribution in [0.2, 0.25) is 0 Å². The van der Waals surface area contributed by atoms with Crippen molar-refractivity contribution in [3.63, 3.8) is 0 Å². The summed E-state index contributed by atoms with van der Waals surface area (Å²) in [4.78, 5) is 28.1. The molecule has 0 amide bonds. The van der Waals surface area contributed by atoms with E-state index in [0.29, 0.717) is 43.0 Å². The number of benzene rings is 2. The van der Waals surface area contributed by atoms with E-state index in [1.807, 2.05) is 6.07 Å². The van der Waals surface area contributed by atoms with Crippen LogP contribution in [0.5, 0.6) is 23.0 Å². The first-order valence-electron chi connectivity index (χ1n) is 15.3. The van der Waals surface area contributed by atoms with Gasteiger partial charge in [0.15, 0.2) is 23.0 Å². The van der Waals surface area contributed by atoms with Crippen molar-refractivity contribution in [3.8, 4) is 34.3 Å². The number of carboxylic acids is 1. The monoisotopic (exact) mass is 652 g/mol.